The van der Waals surface area contributed by atoms with Gasteiger partial charge in [0.25, 0.3) is 11.6 Å². The van der Waals surface area contributed by atoms with Gasteiger partial charge in [-0.05, 0) is 60.1 Å². The maximum atomic E-state index is 10.8. The molecule has 0 aliphatic carbocycles. The number of nitrogens with zero attached hydrogens (tertiary/aromatic N) is 5. The summed E-state index contributed by atoms with van der Waals surface area (Å²) in [6, 6.07) is 20.4. The zero-order valence-corrected chi connectivity index (χ0v) is 22.2. The molecule has 5 rings (SSSR count). The second kappa shape index (κ2) is 11.9. The molecule has 1 aliphatic heterocycles. The number of aromatic hydroxyl groups is 2. The van der Waals surface area contributed by atoms with E-state index in [2.05, 4.69) is 32.6 Å². The predicted molar refractivity (Wildman–Crippen MR) is 153 cm³/mol. The summed E-state index contributed by atoms with van der Waals surface area (Å²) in [4.78, 5) is 22.7. The summed E-state index contributed by atoms with van der Waals surface area (Å²) >= 11 is 1.30. The second-order valence-electron chi connectivity index (χ2n) is 9.25. The van der Waals surface area contributed by atoms with Crippen LogP contribution < -0.4 is 10.3 Å². The lowest BCUT2D eigenvalue weighted by Crippen LogP contribution is -2.37. The molecule has 0 spiro atoms. The van der Waals surface area contributed by atoms with Crippen LogP contribution in [0.4, 0.5) is 10.8 Å². The van der Waals surface area contributed by atoms with E-state index in [4.69, 9.17) is 4.84 Å². The van der Waals surface area contributed by atoms with E-state index in [-0.39, 0.29) is 29.3 Å². The van der Waals surface area contributed by atoms with Crippen molar-refractivity contribution < 1.29 is 20.0 Å². The van der Waals surface area contributed by atoms with Crippen molar-refractivity contribution in [2.45, 2.75) is 24.9 Å². The van der Waals surface area contributed by atoms with Gasteiger partial charge in [0.05, 0.1) is 22.2 Å². The number of oxime groups is 1. The van der Waals surface area contributed by atoms with Crippen molar-refractivity contribution in [1.29, 1.82) is 0 Å². The van der Waals surface area contributed by atoms with Crippen LogP contribution in [0.2, 0.25) is 0 Å². The van der Waals surface area contributed by atoms with Crippen LogP contribution in [0.1, 0.15) is 41.6 Å². The van der Waals surface area contributed by atoms with Gasteiger partial charge in [0.1, 0.15) is 11.5 Å². The number of nitrogens with one attached hydrogen (secondary N) is 1. The highest BCUT2D eigenvalue weighted by atomic mass is 32.1. The summed E-state index contributed by atoms with van der Waals surface area (Å²) in [5, 5.41) is 41.1. The average Bonchev–Trinajstić information content (AvgIpc) is 3.41. The standard InChI is InChI=1S/C28H26N6O5S/c1-33-25(19-4-10-23(35)11-5-19)14-21(15-26(33)20-6-12-24(36)13-7-20)32-39-27-17-40-28(30-27)31-29-16-18-2-8-22(9-3-18)34(37)38/h2-13,16-17,25-26,35-36H,14-15H2,1H3,(H,30,31). The molecular weight excluding hydrogens is 532 g/mol. The van der Waals surface area contributed by atoms with Crippen LogP contribution in [-0.2, 0) is 0 Å². The van der Waals surface area contributed by atoms with E-state index in [0.29, 0.717) is 29.4 Å². The number of hydrogen-bond donors (Lipinski definition) is 3. The Balaban J connectivity index is 1.28. The number of hydrogen-bond acceptors (Lipinski definition) is 11. The Bertz CT molecular complexity index is 1460. The third-order valence-corrected chi connectivity index (χ3v) is 7.35. The molecule has 3 N–H and O–H groups in total. The van der Waals surface area contributed by atoms with Gasteiger partial charge >= 0.3 is 0 Å². The van der Waals surface area contributed by atoms with Crippen molar-refractivity contribution in [2.24, 2.45) is 10.3 Å². The third-order valence-electron chi connectivity index (χ3n) is 6.63. The molecule has 0 amide bonds. The molecule has 2 atom stereocenters. The first kappa shape index (κ1) is 26.8. The van der Waals surface area contributed by atoms with Crippen molar-refractivity contribution in [2.75, 3.05) is 12.5 Å². The number of thiazole rings is 1. The van der Waals surface area contributed by atoms with Crippen molar-refractivity contribution >= 4 is 34.1 Å². The van der Waals surface area contributed by atoms with Crippen LogP contribution in [0.5, 0.6) is 17.4 Å². The number of piperidine rings is 1. The first-order valence-electron chi connectivity index (χ1n) is 12.4. The zero-order chi connectivity index (χ0) is 28.1. The minimum atomic E-state index is -0.452. The fourth-order valence-corrected chi connectivity index (χ4v) is 5.07. The molecule has 4 aromatic rings. The Hall–Kier alpha value is -4.81. The number of nitro benzene ring substituents is 1. The van der Waals surface area contributed by atoms with E-state index in [1.165, 1.54) is 29.7 Å². The number of non-ortho nitro benzene ring substituents is 1. The monoisotopic (exact) mass is 558 g/mol. The Kier molecular flexibility index (Phi) is 7.99. The van der Waals surface area contributed by atoms with Crippen molar-refractivity contribution in [3.63, 3.8) is 0 Å². The Morgan fingerprint density at radius 3 is 2.12 bits per heavy atom. The van der Waals surface area contributed by atoms with Crippen molar-refractivity contribution in [3.8, 4) is 17.4 Å². The lowest BCUT2D eigenvalue weighted by molar-refractivity contribution is -0.384. The summed E-state index contributed by atoms with van der Waals surface area (Å²) in [5.41, 5.74) is 6.49. The SMILES string of the molecule is CN1C(c2ccc(O)cc2)CC(=NOc2csc(NN=Cc3ccc([N+](=O)[O-])cc3)n2)CC1c1ccc(O)cc1. The van der Waals surface area contributed by atoms with E-state index in [1.54, 1.807) is 41.8 Å². The number of benzene rings is 3. The van der Waals surface area contributed by atoms with Crippen LogP contribution in [0.15, 0.2) is 88.4 Å². The number of likely N-dealkylation sites (tertiary alicyclic amines) is 1. The topological polar surface area (TPSA) is 146 Å². The summed E-state index contributed by atoms with van der Waals surface area (Å²) in [6.45, 7) is 0. The summed E-state index contributed by atoms with van der Waals surface area (Å²) in [7, 11) is 2.06. The van der Waals surface area contributed by atoms with Gasteiger partial charge in [-0.1, -0.05) is 40.8 Å². The van der Waals surface area contributed by atoms with Gasteiger partial charge in [-0.15, -0.1) is 0 Å². The number of nitro groups is 1. The molecule has 11 nitrogen and oxygen atoms in total. The average molecular weight is 559 g/mol. The molecule has 12 heteroatoms. The van der Waals surface area contributed by atoms with Gasteiger partial charge in [0.2, 0.25) is 5.13 Å². The quantitative estimate of drug-likeness (QED) is 0.139. The highest BCUT2D eigenvalue weighted by Gasteiger charge is 2.33. The Morgan fingerprint density at radius 2 is 1.57 bits per heavy atom. The number of rotatable bonds is 8. The van der Waals surface area contributed by atoms with Crippen LogP contribution in [0.25, 0.3) is 0 Å². The van der Waals surface area contributed by atoms with Crippen LogP contribution in [-0.4, -0.2) is 44.0 Å². The lowest BCUT2D eigenvalue weighted by atomic mass is 9.87. The molecule has 1 fully saturated rings. The van der Waals surface area contributed by atoms with Crippen molar-refractivity contribution in [3.05, 3.63) is 105 Å². The van der Waals surface area contributed by atoms with Gasteiger partial charge < -0.3 is 15.1 Å². The van der Waals surface area contributed by atoms with Gasteiger partial charge in [-0.25, -0.2) is 0 Å². The normalized spacial score (nSPS) is 17.6. The lowest BCUT2D eigenvalue weighted by Gasteiger charge is -2.40. The van der Waals surface area contributed by atoms with Crippen LogP contribution >= 0.6 is 11.3 Å². The van der Waals surface area contributed by atoms with E-state index in [1.807, 2.05) is 24.3 Å². The highest BCUT2D eigenvalue weighted by molar-refractivity contribution is 7.13. The molecule has 1 saturated heterocycles. The number of phenolic OH excluding ortho intramolecular Hbond substituents is 2. The van der Waals surface area contributed by atoms with E-state index >= 15 is 0 Å². The number of hydrazone groups is 1. The minimum absolute atomic E-state index is 0.00285. The zero-order valence-electron chi connectivity index (χ0n) is 21.4. The molecule has 1 aromatic heterocycles. The molecule has 3 aromatic carbocycles. The second-order valence-corrected chi connectivity index (χ2v) is 10.1. The maximum absolute atomic E-state index is 10.8. The number of aromatic nitrogens is 1. The Labute approximate surface area is 233 Å². The van der Waals surface area contributed by atoms with E-state index in [9.17, 15) is 20.3 Å². The molecule has 0 radical (unpaired) electrons. The molecule has 1 aliphatic rings. The van der Waals surface area contributed by atoms with E-state index < -0.39 is 4.92 Å². The fourth-order valence-electron chi connectivity index (χ4n) is 4.52. The molecule has 2 unspecified atom stereocenters. The predicted octanol–water partition coefficient (Wildman–Crippen LogP) is 5.85. The van der Waals surface area contributed by atoms with Gasteiger partial charge in [0, 0.05) is 37.1 Å². The maximum Gasteiger partial charge on any atom is 0.269 e. The fraction of sp³-hybridized carbons (Fsp3) is 0.179. The number of anilines is 1. The van der Waals surface area contributed by atoms with Crippen molar-refractivity contribution in [1.82, 2.24) is 9.88 Å². The molecule has 204 valence electrons. The summed E-state index contributed by atoms with van der Waals surface area (Å²) < 4.78 is 0. The molecule has 0 bridgehead atoms. The molecule has 0 saturated carbocycles. The molecule has 40 heavy (non-hydrogen) atoms. The summed E-state index contributed by atoms with van der Waals surface area (Å²) in [5.74, 6) is 0.742. The van der Waals surface area contributed by atoms with Crippen LogP contribution in [0.3, 0.4) is 0 Å². The van der Waals surface area contributed by atoms with Gasteiger partial charge in [0.15, 0.2) is 0 Å². The molecule has 2 heterocycles. The third kappa shape index (κ3) is 6.42. The first-order valence-corrected chi connectivity index (χ1v) is 13.3. The summed E-state index contributed by atoms with van der Waals surface area (Å²) in [6.07, 6.45) is 2.80. The first-order chi connectivity index (χ1) is 19.4. The number of phenols is 2. The Morgan fingerprint density at radius 1 is 1.00 bits per heavy atom. The minimum Gasteiger partial charge on any atom is -0.508 e. The largest absolute Gasteiger partial charge is 0.508 e. The molecular formula is C28H26N6O5S. The van der Waals surface area contributed by atoms with E-state index in [0.717, 1.165) is 16.8 Å². The van der Waals surface area contributed by atoms with Gasteiger partial charge in [-0.2, -0.15) is 10.1 Å². The smallest absolute Gasteiger partial charge is 0.269 e. The van der Waals surface area contributed by atoms with Crippen LogP contribution in [0, 0.1) is 10.1 Å². The van der Waals surface area contributed by atoms with Gasteiger partial charge in [-0.3, -0.25) is 20.4 Å². The highest BCUT2D eigenvalue weighted by Crippen LogP contribution is 2.40.